The van der Waals surface area contributed by atoms with Crippen LogP contribution in [0.2, 0.25) is 0 Å². The topological polar surface area (TPSA) is 26.0 Å². The van der Waals surface area contributed by atoms with Gasteiger partial charge in [0.05, 0.1) is 0 Å². The molecule has 2 atom stereocenters. The summed E-state index contributed by atoms with van der Waals surface area (Å²) in [6.45, 7) is 4.62. The van der Waals surface area contributed by atoms with E-state index in [1.807, 2.05) is 11.3 Å². The van der Waals surface area contributed by atoms with Crippen molar-refractivity contribution in [3.63, 3.8) is 0 Å². The number of rotatable bonds is 2. The molecule has 2 aromatic rings. The lowest BCUT2D eigenvalue weighted by molar-refractivity contribution is 0.493. The Balaban J connectivity index is 2.03. The largest absolute Gasteiger partial charge is 0.324 e. The summed E-state index contributed by atoms with van der Waals surface area (Å²) in [5.74, 6) is 0.653. The summed E-state index contributed by atoms with van der Waals surface area (Å²) in [6, 6.07) is 8.86. The van der Waals surface area contributed by atoms with Gasteiger partial charge in [-0.3, -0.25) is 0 Å². The lowest BCUT2D eigenvalue weighted by atomic mass is 9.97. The Morgan fingerprint density at radius 2 is 2.12 bits per heavy atom. The molecule has 0 radical (unpaired) electrons. The van der Waals surface area contributed by atoms with Crippen molar-refractivity contribution in [2.45, 2.75) is 26.3 Å². The average Bonchev–Trinajstić information content (AvgIpc) is 2.71. The number of fused-ring (bicyclic) bond motifs is 1. The maximum atomic E-state index is 6.41. The van der Waals surface area contributed by atoms with Crippen molar-refractivity contribution < 1.29 is 0 Å². The minimum absolute atomic E-state index is 0.206. The second-order valence-electron chi connectivity index (χ2n) is 5.51. The highest BCUT2D eigenvalue weighted by Crippen LogP contribution is 2.57. The van der Waals surface area contributed by atoms with Gasteiger partial charge in [0.1, 0.15) is 0 Å². The normalized spacial score (nSPS) is 24.6. The molecule has 2 heteroatoms. The van der Waals surface area contributed by atoms with Crippen LogP contribution in [0.3, 0.4) is 0 Å². The second-order valence-corrected chi connectivity index (χ2v) is 6.43. The molecular weight excluding hydrogens is 214 g/mol. The molecular formula is C14H17NS. The number of benzene rings is 1. The molecule has 1 aromatic carbocycles. The van der Waals surface area contributed by atoms with Crippen LogP contribution in [-0.2, 0) is 0 Å². The predicted octanol–water partition coefficient (Wildman–Crippen LogP) is 3.95. The van der Waals surface area contributed by atoms with Gasteiger partial charge in [-0.05, 0) is 40.1 Å². The minimum Gasteiger partial charge on any atom is -0.324 e. The number of hydrogen-bond donors (Lipinski definition) is 1. The summed E-state index contributed by atoms with van der Waals surface area (Å²) in [4.78, 5) is 0. The van der Waals surface area contributed by atoms with Gasteiger partial charge in [0.15, 0.2) is 0 Å². The Labute approximate surface area is 100 Å². The van der Waals surface area contributed by atoms with Crippen LogP contribution in [0, 0.1) is 11.3 Å². The molecule has 0 aliphatic heterocycles. The zero-order valence-electron chi connectivity index (χ0n) is 9.73. The van der Waals surface area contributed by atoms with Gasteiger partial charge in [-0.2, -0.15) is 0 Å². The van der Waals surface area contributed by atoms with E-state index in [0.717, 1.165) is 0 Å². The predicted molar refractivity (Wildman–Crippen MR) is 70.6 cm³/mol. The van der Waals surface area contributed by atoms with Crippen LogP contribution in [-0.4, -0.2) is 0 Å². The Hall–Kier alpha value is -0.860. The van der Waals surface area contributed by atoms with Gasteiger partial charge in [0, 0.05) is 10.7 Å². The first-order valence-electron chi connectivity index (χ1n) is 5.81. The van der Waals surface area contributed by atoms with E-state index >= 15 is 0 Å². The summed E-state index contributed by atoms with van der Waals surface area (Å²) in [5, 5.41) is 3.48. The molecule has 1 saturated carbocycles. The van der Waals surface area contributed by atoms with E-state index in [1.54, 1.807) is 0 Å². The van der Waals surface area contributed by atoms with E-state index in [-0.39, 0.29) is 6.04 Å². The number of nitrogens with two attached hydrogens (primary N) is 1. The highest BCUT2D eigenvalue weighted by molar-refractivity contribution is 7.17. The van der Waals surface area contributed by atoms with E-state index in [1.165, 1.54) is 22.1 Å². The summed E-state index contributed by atoms with van der Waals surface area (Å²) >= 11 is 1.81. The average molecular weight is 231 g/mol. The third kappa shape index (κ3) is 1.48. The molecule has 2 N–H and O–H groups in total. The fraction of sp³-hybridized carbons (Fsp3) is 0.429. The Bertz CT molecular complexity index is 526. The molecule has 0 saturated heterocycles. The SMILES string of the molecule is CC1(C)CC1C(N)c1cccc2ccsc12. The van der Waals surface area contributed by atoms with Crippen LogP contribution in [0.4, 0.5) is 0 Å². The highest BCUT2D eigenvalue weighted by Gasteiger charge is 2.49. The van der Waals surface area contributed by atoms with Crippen LogP contribution < -0.4 is 5.73 Å². The van der Waals surface area contributed by atoms with Gasteiger partial charge in [0.25, 0.3) is 0 Å². The van der Waals surface area contributed by atoms with Gasteiger partial charge in [-0.15, -0.1) is 11.3 Å². The van der Waals surface area contributed by atoms with Crippen LogP contribution in [0.1, 0.15) is 31.9 Å². The van der Waals surface area contributed by atoms with E-state index in [2.05, 4.69) is 43.5 Å². The molecule has 0 amide bonds. The molecule has 2 unspecified atom stereocenters. The Kier molecular flexibility index (Phi) is 2.13. The standard InChI is InChI=1S/C14H17NS/c1-14(2)8-11(14)12(15)10-5-3-4-9-6-7-16-13(9)10/h3-7,11-12H,8,15H2,1-2H3. The van der Waals surface area contributed by atoms with Crippen molar-refractivity contribution in [2.24, 2.45) is 17.1 Å². The molecule has 1 aromatic heterocycles. The van der Waals surface area contributed by atoms with Crippen LogP contribution in [0.15, 0.2) is 29.6 Å². The summed E-state index contributed by atoms with van der Waals surface area (Å²) in [5.41, 5.74) is 8.19. The first-order chi connectivity index (χ1) is 7.59. The molecule has 0 bridgehead atoms. The molecule has 1 fully saturated rings. The summed E-state index contributed by atoms with van der Waals surface area (Å²) in [7, 11) is 0. The van der Waals surface area contributed by atoms with Crippen molar-refractivity contribution in [2.75, 3.05) is 0 Å². The van der Waals surface area contributed by atoms with Crippen molar-refractivity contribution >= 4 is 21.4 Å². The molecule has 3 rings (SSSR count). The Morgan fingerprint density at radius 3 is 2.81 bits per heavy atom. The van der Waals surface area contributed by atoms with Crippen molar-refractivity contribution in [3.05, 3.63) is 35.2 Å². The molecule has 1 aliphatic carbocycles. The van der Waals surface area contributed by atoms with Crippen molar-refractivity contribution in [1.82, 2.24) is 0 Å². The van der Waals surface area contributed by atoms with Gasteiger partial charge >= 0.3 is 0 Å². The third-order valence-corrected chi connectivity index (χ3v) is 4.87. The lowest BCUT2D eigenvalue weighted by Crippen LogP contribution is -2.15. The smallest absolute Gasteiger partial charge is 0.0390 e. The Morgan fingerprint density at radius 1 is 1.38 bits per heavy atom. The second kappa shape index (κ2) is 3.31. The fourth-order valence-corrected chi connectivity index (χ4v) is 3.58. The molecule has 1 aliphatic rings. The van der Waals surface area contributed by atoms with E-state index in [0.29, 0.717) is 11.3 Å². The van der Waals surface area contributed by atoms with Crippen molar-refractivity contribution in [1.29, 1.82) is 0 Å². The van der Waals surface area contributed by atoms with Gasteiger partial charge in [0.2, 0.25) is 0 Å². The fourth-order valence-electron chi connectivity index (χ4n) is 2.62. The van der Waals surface area contributed by atoms with Gasteiger partial charge in [-0.25, -0.2) is 0 Å². The first kappa shape index (κ1) is 10.3. The van der Waals surface area contributed by atoms with Gasteiger partial charge in [-0.1, -0.05) is 32.0 Å². The van der Waals surface area contributed by atoms with Crippen LogP contribution >= 0.6 is 11.3 Å². The van der Waals surface area contributed by atoms with E-state index in [4.69, 9.17) is 5.73 Å². The monoisotopic (exact) mass is 231 g/mol. The maximum Gasteiger partial charge on any atom is 0.0390 e. The molecule has 16 heavy (non-hydrogen) atoms. The quantitative estimate of drug-likeness (QED) is 0.832. The number of hydrogen-bond acceptors (Lipinski definition) is 2. The zero-order chi connectivity index (χ0) is 11.3. The molecule has 1 nitrogen and oxygen atoms in total. The maximum absolute atomic E-state index is 6.41. The summed E-state index contributed by atoms with van der Waals surface area (Å²) < 4.78 is 1.37. The highest BCUT2D eigenvalue weighted by atomic mass is 32.1. The van der Waals surface area contributed by atoms with Crippen LogP contribution in [0.25, 0.3) is 10.1 Å². The molecule has 1 heterocycles. The van der Waals surface area contributed by atoms with E-state index < -0.39 is 0 Å². The van der Waals surface area contributed by atoms with Crippen LogP contribution in [0.5, 0.6) is 0 Å². The summed E-state index contributed by atoms with van der Waals surface area (Å²) in [6.07, 6.45) is 1.26. The number of thiophene rings is 1. The first-order valence-corrected chi connectivity index (χ1v) is 6.69. The van der Waals surface area contributed by atoms with Gasteiger partial charge < -0.3 is 5.73 Å². The zero-order valence-corrected chi connectivity index (χ0v) is 10.6. The molecule has 0 spiro atoms. The third-order valence-electron chi connectivity index (χ3n) is 3.89. The van der Waals surface area contributed by atoms with Crippen molar-refractivity contribution in [3.8, 4) is 0 Å². The molecule has 84 valence electrons. The lowest BCUT2D eigenvalue weighted by Gasteiger charge is -2.14. The van der Waals surface area contributed by atoms with E-state index in [9.17, 15) is 0 Å². The minimum atomic E-state index is 0.206.